The van der Waals surface area contributed by atoms with E-state index in [1.807, 2.05) is 48.5 Å². The van der Waals surface area contributed by atoms with E-state index >= 15 is 0 Å². The first-order valence-corrected chi connectivity index (χ1v) is 10.5. The number of nitrogens with one attached hydrogen (secondary N) is 2. The molecule has 6 nitrogen and oxygen atoms in total. The molecule has 3 rings (SSSR count). The molecule has 0 saturated carbocycles. The van der Waals surface area contributed by atoms with Crippen LogP contribution in [0.1, 0.15) is 21.5 Å². The molecule has 0 unspecified atom stereocenters. The Hall–Kier alpha value is -3.16. The fourth-order valence-electron chi connectivity index (χ4n) is 2.61. The first-order chi connectivity index (χ1) is 15.0. The molecule has 8 heteroatoms. The molecule has 2 N–H and O–H groups in total. The summed E-state index contributed by atoms with van der Waals surface area (Å²) >= 11 is 9.30. The average Bonchev–Trinajstić information content (AvgIpc) is 2.77. The number of benzene rings is 3. The van der Waals surface area contributed by atoms with E-state index in [0.717, 1.165) is 10.0 Å². The smallest absolute Gasteiger partial charge is 0.259 e. The van der Waals surface area contributed by atoms with Crippen LogP contribution in [0.2, 0.25) is 5.02 Å². The molecule has 0 aromatic heterocycles. The molecule has 0 aliphatic heterocycles. The number of hydrogen-bond donors (Lipinski definition) is 2. The summed E-state index contributed by atoms with van der Waals surface area (Å²) in [6, 6.07) is 21.7. The molecule has 2 amide bonds. The zero-order valence-corrected chi connectivity index (χ0v) is 18.7. The molecule has 0 fully saturated rings. The molecule has 0 aliphatic carbocycles. The average molecular weight is 501 g/mol. The predicted molar refractivity (Wildman–Crippen MR) is 124 cm³/mol. The Labute approximate surface area is 193 Å². The van der Waals surface area contributed by atoms with Crippen molar-refractivity contribution in [3.63, 3.8) is 0 Å². The van der Waals surface area contributed by atoms with Crippen LogP contribution in [-0.2, 0) is 11.4 Å². The summed E-state index contributed by atoms with van der Waals surface area (Å²) < 4.78 is 6.86. The Kier molecular flexibility index (Phi) is 8.20. The van der Waals surface area contributed by atoms with Crippen LogP contribution in [-0.4, -0.2) is 24.6 Å². The number of amides is 2. The number of halogens is 2. The number of carbonyl (C=O) groups is 2. The quantitative estimate of drug-likeness (QED) is 0.351. The fraction of sp³-hybridized carbons (Fsp3) is 0.0870. The Balaban J connectivity index is 1.51. The van der Waals surface area contributed by atoms with Crippen LogP contribution < -0.4 is 15.5 Å². The minimum atomic E-state index is -0.459. The van der Waals surface area contributed by atoms with E-state index in [1.54, 1.807) is 18.2 Å². The van der Waals surface area contributed by atoms with Crippen LogP contribution >= 0.6 is 27.5 Å². The van der Waals surface area contributed by atoms with Gasteiger partial charge in [-0.15, -0.1) is 0 Å². The van der Waals surface area contributed by atoms with Crippen molar-refractivity contribution in [1.82, 2.24) is 10.7 Å². The fourth-order valence-corrected chi connectivity index (χ4v) is 3.25. The maximum atomic E-state index is 12.0. The van der Waals surface area contributed by atoms with Crippen LogP contribution in [0.15, 0.2) is 82.4 Å². The molecule has 3 aromatic rings. The van der Waals surface area contributed by atoms with Gasteiger partial charge in [0.2, 0.25) is 0 Å². The molecule has 0 bridgehead atoms. The summed E-state index contributed by atoms with van der Waals surface area (Å²) in [5.41, 5.74) is 4.49. The van der Waals surface area contributed by atoms with Crippen molar-refractivity contribution in [3.8, 4) is 5.75 Å². The van der Waals surface area contributed by atoms with Gasteiger partial charge in [-0.05, 0) is 48.0 Å². The second-order valence-electron chi connectivity index (χ2n) is 6.44. The number of hydrogen-bond acceptors (Lipinski definition) is 4. The topological polar surface area (TPSA) is 79.8 Å². The first-order valence-electron chi connectivity index (χ1n) is 9.33. The van der Waals surface area contributed by atoms with Crippen LogP contribution in [0.4, 0.5) is 0 Å². The van der Waals surface area contributed by atoms with Crippen molar-refractivity contribution in [2.45, 2.75) is 6.61 Å². The van der Waals surface area contributed by atoms with Crippen LogP contribution in [0.3, 0.4) is 0 Å². The van der Waals surface area contributed by atoms with Gasteiger partial charge in [0.1, 0.15) is 12.4 Å². The largest absolute Gasteiger partial charge is 0.488 e. The predicted octanol–water partition coefficient (Wildman–Crippen LogP) is 4.56. The molecule has 0 heterocycles. The molecule has 3 aromatic carbocycles. The highest BCUT2D eigenvalue weighted by Gasteiger charge is 2.08. The molecule has 0 spiro atoms. The molecular formula is C23H19BrClN3O3. The van der Waals surface area contributed by atoms with Crippen molar-refractivity contribution in [3.05, 3.63) is 99.0 Å². The SMILES string of the molecule is O=C(CNC(=O)c1cccc(Cl)c1)NN=Cc1ccccc1OCc1cccc(Br)c1. The maximum absolute atomic E-state index is 12.0. The molecule has 0 aliphatic rings. The van der Waals surface area contributed by atoms with E-state index in [1.165, 1.54) is 12.3 Å². The van der Waals surface area contributed by atoms with E-state index < -0.39 is 11.8 Å². The zero-order valence-electron chi connectivity index (χ0n) is 16.3. The molecule has 158 valence electrons. The van der Waals surface area contributed by atoms with Crippen LogP contribution in [0.25, 0.3) is 0 Å². The molecule has 31 heavy (non-hydrogen) atoms. The second-order valence-corrected chi connectivity index (χ2v) is 7.79. The second kappa shape index (κ2) is 11.3. The standard InChI is InChI=1S/C23H19BrClN3O3/c24-19-8-3-5-16(11-19)15-31-21-10-2-1-6-18(21)13-27-28-22(29)14-26-23(30)17-7-4-9-20(25)12-17/h1-13H,14-15H2,(H,26,30)(H,28,29). The molecule has 0 atom stereocenters. The lowest BCUT2D eigenvalue weighted by Crippen LogP contribution is -2.34. The Morgan fingerprint density at radius 1 is 1.03 bits per heavy atom. The normalized spacial score (nSPS) is 10.6. The molecular weight excluding hydrogens is 482 g/mol. The van der Waals surface area contributed by atoms with Gasteiger partial charge in [0, 0.05) is 20.6 Å². The zero-order chi connectivity index (χ0) is 22.1. The maximum Gasteiger partial charge on any atom is 0.259 e. The number of ether oxygens (including phenoxy) is 1. The van der Waals surface area contributed by atoms with E-state index in [4.69, 9.17) is 16.3 Å². The van der Waals surface area contributed by atoms with Crippen LogP contribution in [0.5, 0.6) is 5.75 Å². The molecule has 0 saturated heterocycles. The third-order valence-electron chi connectivity index (χ3n) is 4.09. The van der Waals surface area contributed by atoms with Crippen LogP contribution in [0, 0.1) is 0 Å². The van der Waals surface area contributed by atoms with E-state index in [9.17, 15) is 9.59 Å². The minimum absolute atomic E-state index is 0.219. The summed E-state index contributed by atoms with van der Waals surface area (Å²) in [6.45, 7) is 0.176. The lowest BCUT2D eigenvalue weighted by molar-refractivity contribution is -0.120. The van der Waals surface area contributed by atoms with Gasteiger partial charge in [-0.25, -0.2) is 5.43 Å². The number of nitrogens with zero attached hydrogens (tertiary/aromatic N) is 1. The third-order valence-corrected chi connectivity index (χ3v) is 4.82. The van der Waals surface area contributed by atoms with Gasteiger partial charge in [-0.2, -0.15) is 5.10 Å². The summed E-state index contributed by atoms with van der Waals surface area (Å²) in [5.74, 6) is -0.221. The minimum Gasteiger partial charge on any atom is -0.488 e. The van der Waals surface area contributed by atoms with Gasteiger partial charge >= 0.3 is 0 Å². The van der Waals surface area contributed by atoms with Crippen molar-refractivity contribution >= 4 is 45.6 Å². The Bertz CT molecular complexity index is 1100. The summed E-state index contributed by atoms with van der Waals surface area (Å²) in [5, 5.41) is 6.92. The lowest BCUT2D eigenvalue weighted by atomic mass is 10.2. The lowest BCUT2D eigenvalue weighted by Gasteiger charge is -2.09. The highest BCUT2D eigenvalue weighted by molar-refractivity contribution is 9.10. The van der Waals surface area contributed by atoms with Crippen molar-refractivity contribution in [2.75, 3.05) is 6.54 Å². The first kappa shape index (κ1) is 22.5. The van der Waals surface area contributed by atoms with Gasteiger partial charge < -0.3 is 10.1 Å². The molecule has 0 radical (unpaired) electrons. The van der Waals surface area contributed by atoms with Gasteiger partial charge in [-0.1, -0.05) is 57.9 Å². The van der Waals surface area contributed by atoms with Crippen molar-refractivity contribution < 1.29 is 14.3 Å². The van der Waals surface area contributed by atoms with Gasteiger partial charge in [0.25, 0.3) is 11.8 Å². The van der Waals surface area contributed by atoms with Gasteiger partial charge in [0.05, 0.1) is 12.8 Å². The number of hydrazone groups is 1. The van der Waals surface area contributed by atoms with E-state index in [-0.39, 0.29) is 6.54 Å². The van der Waals surface area contributed by atoms with Crippen molar-refractivity contribution in [2.24, 2.45) is 5.10 Å². The monoisotopic (exact) mass is 499 g/mol. The van der Waals surface area contributed by atoms with Crippen molar-refractivity contribution in [1.29, 1.82) is 0 Å². The van der Waals surface area contributed by atoms with E-state index in [2.05, 4.69) is 31.8 Å². The van der Waals surface area contributed by atoms with Gasteiger partial charge in [0.15, 0.2) is 0 Å². The number of rotatable bonds is 8. The third kappa shape index (κ3) is 7.24. The highest BCUT2D eigenvalue weighted by Crippen LogP contribution is 2.19. The summed E-state index contributed by atoms with van der Waals surface area (Å²) in [4.78, 5) is 24.0. The highest BCUT2D eigenvalue weighted by atomic mass is 79.9. The van der Waals surface area contributed by atoms with E-state index in [0.29, 0.717) is 28.5 Å². The summed E-state index contributed by atoms with van der Waals surface area (Å²) in [7, 11) is 0. The number of para-hydroxylation sites is 1. The van der Waals surface area contributed by atoms with Gasteiger partial charge in [-0.3, -0.25) is 9.59 Å². The summed E-state index contributed by atoms with van der Waals surface area (Å²) in [6.07, 6.45) is 1.49. The Morgan fingerprint density at radius 3 is 2.65 bits per heavy atom. The Morgan fingerprint density at radius 2 is 1.84 bits per heavy atom. The number of carbonyl (C=O) groups excluding carboxylic acids is 2.